The molecule has 1 amide bonds. The quantitative estimate of drug-likeness (QED) is 0.668. The second kappa shape index (κ2) is 8.02. The lowest BCUT2D eigenvalue weighted by molar-refractivity contribution is 0.0919. The molecule has 3 aromatic rings. The van der Waals surface area contributed by atoms with Crippen LogP contribution in [-0.2, 0) is 0 Å². The lowest BCUT2D eigenvalue weighted by Crippen LogP contribution is -2.28. The SMILES string of the molecule is COc1ccc(OCNC(=O)c2cc(N)cnc2-c2ccccc2)cc1. The van der Waals surface area contributed by atoms with Crippen LogP contribution in [0.4, 0.5) is 5.69 Å². The fourth-order valence-corrected chi connectivity index (χ4v) is 2.43. The zero-order valence-electron chi connectivity index (χ0n) is 14.3. The first-order valence-corrected chi connectivity index (χ1v) is 8.03. The average molecular weight is 349 g/mol. The van der Waals surface area contributed by atoms with Crippen LogP contribution in [0.2, 0.25) is 0 Å². The minimum atomic E-state index is -0.308. The summed E-state index contributed by atoms with van der Waals surface area (Å²) in [6, 6.07) is 18.2. The van der Waals surface area contributed by atoms with E-state index in [9.17, 15) is 4.79 Å². The number of nitrogens with zero attached hydrogens (tertiary/aromatic N) is 1. The molecule has 0 aliphatic heterocycles. The number of pyridine rings is 1. The molecular weight excluding hydrogens is 330 g/mol. The molecule has 6 nitrogen and oxygen atoms in total. The first kappa shape index (κ1) is 17.3. The Labute approximate surface area is 151 Å². The normalized spacial score (nSPS) is 10.2. The number of hydrogen-bond acceptors (Lipinski definition) is 5. The van der Waals surface area contributed by atoms with Crippen LogP contribution in [0.5, 0.6) is 11.5 Å². The van der Waals surface area contributed by atoms with Gasteiger partial charge in [-0.25, -0.2) is 0 Å². The molecule has 0 fully saturated rings. The minimum absolute atomic E-state index is 0.0220. The van der Waals surface area contributed by atoms with Crippen molar-refractivity contribution in [1.82, 2.24) is 10.3 Å². The summed E-state index contributed by atoms with van der Waals surface area (Å²) in [6.07, 6.45) is 1.53. The highest BCUT2D eigenvalue weighted by molar-refractivity contribution is 6.00. The van der Waals surface area contributed by atoms with Gasteiger partial charge in [-0.3, -0.25) is 9.78 Å². The number of nitrogen functional groups attached to an aromatic ring is 1. The summed E-state index contributed by atoms with van der Waals surface area (Å²) >= 11 is 0. The van der Waals surface area contributed by atoms with Gasteiger partial charge in [0.05, 0.1) is 30.3 Å². The third kappa shape index (κ3) is 4.10. The summed E-state index contributed by atoms with van der Waals surface area (Å²) in [5.74, 6) is 1.05. The number of aromatic nitrogens is 1. The lowest BCUT2D eigenvalue weighted by Gasteiger charge is -2.12. The maximum atomic E-state index is 12.6. The van der Waals surface area contributed by atoms with Crippen LogP contribution in [-0.4, -0.2) is 24.7 Å². The van der Waals surface area contributed by atoms with Crippen LogP contribution in [0.1, 0.15) is 10.4 Å². The molecule has 1 heterocycles. The van der Waals surface area contributed by atoms with E-state index in [2.05, 4.69) is 10.3 Å². The van der Waals surface area contributed by atoms with E-state index in [4.69, 9.17) is 15.2 Å². The van der Waals surface area contributed by atoms with Crippen molar-refractivity contribution >= 4 is 11.6 Å². The Kier molecular flexibility index (Phi) is 5.34. The predicted molar refractivity (Wildman–Crippen MR) is 100 cm³/mol. The Morgan fingerprint density at radius 3 is 2.46 bits per heavy atom. The smallest absolute Gasteiger partial charge is 0.256 e. The van der Waals surface area contributed by atoms with E-state index in [1.165, 1.54) is 6.20 Å². The van der Waals surface area contributed by atoms with Crippen LogP contribution in [0.25, 0.3) is 11.3 Å². The van der Waals surface area contributed by atoms with Gasteiger partial charge in [-0.15, -0.1) is 0 Å². The number of nitrogens with two attached hydrogens (primary N) is 1. The predicted octanol–water partition coefficient (Wildman–Crippen LogP) is 3.11. The van der Waals surface area contributed by atoms with Gasteiger partial charge in [-0.05, 0) is 30.3 Å². The molecule has 3 N–H and O–H groups in total. The third-order valence-corrected chi connectivity index (χ3v) is 3.73. The van der Waals surface area contributed by atoms with Crippen molar-refractivity contribution in [3.63, 3.8) is 0 Å². The van der Waals surface area contributed by atoms with Crippen molar-refractivity contribution in [3.8, 4) is 22.8 Å². The van der Waals surface area contributed by atoms with Crippen LogP contribution >= 0.6 is 0 Å². The van der Waals surface area contributed by atoms with E-state index in [-0.39, 0.29) is 12.6 Å². The van der Waals surface area contributed by atoms with E-state index < -0.39 is 0 Å². The number of carbonyl (C=O) groups is 1. The molecular formula is C20H19N3O3. The van der Waals surface area contributed by atoms with Crippen LogP contribution < -0.4 is 20.5 Å². The fraction of sp³-hybridized carbons (Fsp3) is 0.100. The summed E-state index contributed by atoms with van der Waals surface area (Å²) < 4.78 is 10.6. The van der Waals surface area contributed by atoms with Crippen molar-refractivity contribution in [2.75, 3.05) is 19.6 Å². The molecule has 2 aromatic carbocycles. The molecule has 6 heteroatoms. The van der Waals surface area contributed by atoms with Gasteiger partial charge < -0.3 is 20.5 Å². The molecule has 0 aliphatic rings. The summed E-state index contributed by atoms with van der Waals surface area (Å²) in [5, 5.41) is 2.73. The molecule has 3 rings (SSSR count). The van der Waals surface area contributed by atoms with Gasteiger partial charge in [-0.1, -0.05) is 30.3 Å². The number of ether oxygens (including phenoxy) is 2. The van der Waals surface area contributed by atoms with Crippen molar-refractivity contribution in [1.29, 1.82) is 0 Å². The monoisotopic (exact) mass is 349 g/mol. The third-order valence-electron chi connectivity index (χ3n) is 3.73. The number of carbonyl (C=O) groups excluding carboxylic acids is 1. The van der Waals surface area contributed by atoms with E-state index >= 15 is 0 Å². The standard InChI is InChI=1S/C20H19N3O3/c1-25-16-7-9-17(10-8-16)26-13-23-20(24)18-11-15(21)12-22-19(18)14-5-3-2-4-6-14/h2-12H,13,21H2,1H3,(H,23,24). The summed E-state index contributed by atoms with van der Waals surface area (Å²) in [6.45, 7) is 0.0220. The topological polar surface area (TPSA) is 86.5 Å². The Bertz CT molecular complexity index is 881. The highest BCUT2D eigenvalue weighted by Crippen LogP contribution is 2.23. The van der Waals surface area contributed by atoms with Crippen molar-refractivity contribution in [2.45, 2.75) is 0 Å². The van der Waals surface area contributed by atoms with Gasteiger partial charge >= 0.3 is 0 Å². The van der Waals surface area contributed by atoms with E-state index in [0.29, 0.717) is 22.7 Å². The largest absolute Gasteiger partial charge is 0.497 e. The second-order valence-corrected chi connectivity index (χ2v) is 5.50. The molecule has 26 heavy (non-hydrogen) atoms. The number of anilines is 1. The van der Waals surface area contributed by atoms with Gasteiger partial charge in [0.1, 0.15) is 11.5 Å². The van der Waals surface area contributed by atoms with Crippen LogP contribution in [0.3, 0.4) is 0 Å². The number of amides is 1. The van der Waals surface area contributed by atoms with Gasteiger partial charge in [0.15, 0.2) is 6.73 Å². The average Bonchev–Trinajstić information content (AvgIpc) is 2.69. The lowest BCUT2D eigenvalue weighted by atomic mass is 10.0. The van der Waals surface area contributed by atoms with E-state index in [0.717, 1.165) is 11.3 Å². The summed E-state index contributed by atoms with van der Waals surface area (Å²) in [7, 11) is 1.60. The van der Waals surface area contributed by atoms with Crippen LogP contribution in [0.15, 0.2) is 66.9 Å². The van der Waals surface area contributed by atoms with E-state index in [1.807, 2.05) is 30.3 Å². The molecule has 0 unspecified atom stereocenters. The first-order chi connectivity index (χ1) is 12.7. The van der Waals surface area contributed by atoms with Gasteiger partial charge in [-0.2, -0.15) is 0 Å². The Balaban J connectivity index is 1.70. The zero-order chi connectivity index (χ0) is 18.4. The maximum Gasteiger partial charge on any atom is 0.256 e. The molecule has 0 saturated heterocycles. The highest BCUT2D eigenvalue weighted by Gasteiger charge is 2.14. The molecule has 1 aromatic heterocycles. The summed E-state index contributed by atoms with van der Waals surface area (Å²) in [4.78, 5) is 16.9. The Morgan fingerprint density at radius 1 is 1.08 bits per heavy atom. The minimum Gasteiger partial charge on any atom is -0.497 e. The molecule has 0 saturated carbocycles. The highest BCUT2D eigenvalue weighted by atomic mass is 16.5. The van der Waals surface area contributed by atoms with Crippen molar-refractivity contribution in [3.05, 3.63) is 72.4 Å². The van der Waals surface area contributed by atoms with Gasteiger partial charge in [0.2, 0.25) is 0 Å². The van der Waals surface area contributed by atoms with Crippen LogP contribution in [0, 0.1) is 0 Å². The van der Waals surface area contributed by atoms with Crippen molar-refractivity contribution in [2.24, 2.45) is 0 Å². The number of hydrogen-bond donors (Lipinski definition) is 2. The zero-order valence-corrected chi connectivity index (χ0v) is 14.3. The molecule has 0 atom stereocenters. The molecule has 0 radical (unpaired) electrons. The molecule has 0 spiro atoms. The van der Waals surface area contributed by atoms with E-state index in [1.54, 1.807) is 37.4 Å². The van der Waals surface area contributed by atoms with Gasteiger partial charge in [0, 0.05) is 5.56 Å². The number of benzene rings is 2. The first-order valence-electron chi connectivity index (χ1n) is 8.03. The molecule has 0 bridgehead atoms. The number of methoxy groups -OCH3 is 1. The number of nitrogens with one attached hydrogen (secondary N) is 1. The maximum absolute atomic E-state index is 12.6. The molecule has 132 valence electrons. The second-order valence-electron chi connectivity index (χ2n) is 5.50. The number of rotatable bonds is 6. The summed E-state index contributed by atoms with van der Waals surface area (Å²) in [5.41, 5.74) is 8.04. The fourth-order valence-electron chi connectivity index (χ4n) is 2.43. The van der Waals surface area contributed by atoms with Gasteiger partial charge in [0.25, 0.3) is 5.91 Å². The molecule has 0 aliphatic carbocycles. The Morgan fingerprint density at radius 2 is 1.77 bits per heavy atom. The van der Waals surface area contributed by atoms with Crippen molar-refractivity contribution < 1.29 is 14.3 Å². The Hall–Kier alpha value is -3.54.